The number of hydrogen-bond donors (Lipinski definition) is 2. The van der Waals surface area contributed by atoms with Crippen LogP contribution in [-0.2, 0) is 11.3 Å². The molecule has 2 rings (SSSR count). The van der Waals surface area contributed by atoms with Crippen LogP contribution in [0, 0.1) is 0 Å². The largest absolute Gasteiger partial charge is 0.356 e. The number of nitrogens with one attached hydrogen (secondary N) is 2. The van der Waals surface area contributed by atoms with E-state index < -0.39 is 0 Å². The predicted molar refractivity (Wildman–Crippen MR) is 152 cm³/mol. The van der Waals surface area contributed by atoms with Gasteiger partial charge in [0.1, 0.15) is 0 Å². The van der Waals surface area contributed by atoms with Gasteiger partial charge in [-0.3, -0.25) is 4.79 Å². The maximum atomic E-state index is 12.2. The molecule has 0 unspecified atom stereocenters. The zero-order chi connectivity index (χ0) is 25.1. The maximum Gasteiger partial charge on any atom is 0.226 e. The fourth-order valence-electron chi connectivity index (χ4n) is 3.71. The standard InChI is InChI=1S/C27H40Cl2N4OS/c1-2-3-4-5-6-7-8-9-10-11-12-13-14-15-16-17-25(34)31-27-33-32-26(35-27)30-21-22-18-19-23(28)24(29)20-22/h9-10,18-20H,2-8,11-17,21H2,1H3,(H,30,32)(H,31,33,34). The topological polar surface area (TPSA) is 66.9 Å². The van der Waals surface area contributed by atoms with Gasteiger partial charge < -0.3 is 10.6 Å². The normalized spacial score (nSPS) is 11.3. The van der Waals surface area contributed by atoms with Crippen molar-refractivity contribution in [2.45, 2.75) is 103 Å². The molecule has 2 aromatic rings. The van der Waals surface area contributed by atoms with E-state index in [0.717, 1.165) is 18.4 Å². The fourth-order valence-corrected chi connectivity index (χ4v) is 4.69. The lowest BCUT2D eigenvalue weighted by Crippen LogP contribution is -2.10. The summed E-state index contributed by atoms with van der Waals surface area (Å²) in [5, 5.41) is 16.4. The summed E-state index contributed by atoms with van der Waals surface area (Å²) in [6.45, 7) is 2.81. The van der Waals surface area contributed by atoms with Crippen LogP contribution in [0.3, 0.4) is 0 Å². The fraction of sp³-hybridized carbons (Fsp3) is 0.593. The van der Waals surface area contributed by atoms with Gasteiger partial charge in [-0.25, -0.2) is 0 Å². The molecule has 8 heteroatoms. The number of unbranched alkanes of at least 4 members (excludes halogenated alkanes) is 11. The van der Waals surface area contributed by atoms with Gasteiger partial charge in [-0.15, -0.1) is 10.2 Å². The lowest BCUT2D eigenvalue weighted by atomic mass is 10.1. The van der Waals surface area contributed by atoms with Crippen molar-refractivity contribution in [2.75, 3.05) is 10.6 Å². The molecule has 35 heavy (non-hydrogen) atoms. The van der Waals surface area contributed by atoms with Gasteiger partial charge in [0.05, 0.1) is 10.0 Å². The van der Waals surface area contributed by atoms with E-state index in [9.17, 15) is 4.79 Å². The van der Waals surface area contributed by atoms with Gasteiger partial charge in [-0.05, 0) is 49.8 Å². The van der Waals surface area contributed by atoms with Gasteiger partial charge in [0, 0.05) is 13.0 Å². The van der Waals surface area contributed by atoms with Crippen LogP contribution in [0.25, 0.3) is 0 Å². The zero-order valence-corrected chi connectivity index (χ0v) is 23.3. The Morgan fingerprint density at radius 2 is 1.49 bits per heavy atom. The average molecular weight is 540 g/mol. The average Bonchev–Trinajstić information content (AvgIpc) is 3.29. The first-order chi connectivity index (χ1) is 17.1. The van der Waals surface area contributed by atoms with Gasteiger partial charge >= 0.3 is 0 Å². The van der Waals surface area contributed by atoms with E-state index in [4.69, 9.17) is 23.2 Å². The van der Waals surface area contributed by atoms with Gasteiger partial charge in [-0.2, -0.15) is 0 Å². The maximum absolute atomic E-state index is 12.2. The molecular weight excluding hydrogens is 499 g/mol. The lowest BCUT2D eigenvalue weighted by molar-refractivity contribution is -0.116. The molecule has 1 aromatic heterocycles. The van der Waals surface area contributed by atoms with E-state index >= 15 is 0 Å². The van der Waals surface area contributed by atoms with E-state index in [2.05, 4.69) is 39.9 Å². The molecule has 0 radical (unpaired) electrons. The number of nitrogens with zero attached hydrogens (tertiary/aromatic N) is 2. The molecule has 2 N–H and O–H groups in total. The number of hydrogen-bond acceptors (Lipinski definition) is 5. The molecule has 0 spiro atoms. The van der Waals surface area contributed by atoms with Crippen LogP contribution >= 0.6 is 34.5 Å². The number of rotatable bonds is 19. The Bertz CT molecular complexity index is 888. The molecule has 0 fully saturated rings. The molecule has 0 bridgehead atoms. The quantitative estimate of drug-likeness (QED) is 0.138. The van der Waals surface area contributed by atoms with Crippen LogP contribution in [0.5, 0.6) is 0 Å². The van der Waals surface area contributed by atoms with Crippen molar-refractivity contribution in [3.63, 3.8) is 0 Å². The summed E-state index contributed by atoms with van der Waals surface area (Å²) < 4.78 is 0. The van der Waals surface area contributed by atoms with Crippen molar-refractivity contribution in [1.29, 1.82) is 0 Å². The highest BCUT2D eigenvalue weighted by Gasteiger charge is 2.08. The van der Waals surface area contributed by atoms with E-state index in [1.165, 1.54) is 82.0 Å². The number of halogens is 2. The van der Waals surface area contributed by atoms with Crippen LogP contribution in [0.15, 0.2) is 30.4 Å². The van der Waals surface area contributed by atoms with Crippen LogP contribution in [-0.4, -0.2) is 16.1 Å². The zero-order valence-electron chi connectivity index (χ0n) is 21.0. The van der Waals surface area contributed by atoms with Gasteiger partial charge in [0.25, 0.3) is 0 Å². The summed E-state index contributed by atoms with van der Waals surface area (Å²) in [6, 6.07) is 5.48. The molecule has 194 valence electrons. The number of amides is 1. The molecule has 0 saturated heterocycles. The third-order valence-electron chi connectivity index (χ3n) is 5.76. The molecule has 1 amide bonds. The van der Waals surface area contributed by atoms with Gasteiger partial charge in [0.15, 0.2) is 0 Å². The van der Waals surface area contributed by atoms with Crippen LogP contribution in [0.2, 0.25) is 10.0 Å². The minimum atomic E-state index is -0.00481. The second-order valence-corrected chi connectivity index (χ2v) is 10.7. The van der Waals surface area contributed by atoms with E-state index in [1.54, 1.807) is 6.07 Å². The number of carbonyl (C=O) groups excluding carboxylic acids is 1. The molecule has 0 saturated carbocycles. The number of benzene rings is 1. The van der Waals surface area contributed by atoms with Crippen molar-refractivity contribution >= 4 is 50.7 Å². The van der Waals surface area contributed by atoms with Crippen molar-refractivity contribution in [3.8, 4) is 0 Å². The van der Waals surface area contributed by atoms with Crippen LogP contribution in [0.1, 0.15) is 102 Å². The lowest BCUT2D eigenvalue weighted by Gasteiger charge is -2.04. The van der Waals surface area contributed by atoms with Crippen molar-refractivity contribution < 1.29 is 4.79 Å². The smallest absolute Gasteiger partial charge is 0.226 e. The SMILES string of the molecule is CCCCCCCCC=CCCCCCCCC(=O)Nc1nnc(NCc2ccc(Cl)c(Cl)c2)s1. The number of anilines is 2. The summed E-state index contributed by atoms with van der Waals surface area (Å²) in [4.78, 5) is 12.2. The van der Waals surface area contributed by atoms with E-state index in [0.29, 0.717) is 33.3 Å². The summed E-state index contributed by atoms with van der Waals surface area (Å²) in [5.41, 5.74) is 0.990. The minimum absolute atomic E-state index is 0.00481. The minimum Gasteiger partial charge on any atom is -0.356 e. The first kappa shape index (κ1) is 29.6. The second kappa shape index (κ2) is 18.6. The van der Waals surface area contributed by atoms with Crippen molar-refractivity contribution in [1.82, 2.24) is 10.2 Å². The number of allylic oxidation sites excluding steroid dienone is 2. The molecular formula is C27H40Cl2N4OS. The summed E-state index contributed by atoms with van der Waals surface area (Å²) in [7, 11) is 0. The highest BCUT2D eigenvalue weighted by atomic mass is 35.5. The van der Waals surface area contributed by atoms with E-state index in [-0.39, 0.29) is 5.91 Å². The molecule has 0 aliphatic heterocycles. The summed E-state index contributed by atoms with van der Waals surface area (Å²) in [6.07, 6.45) is 21.4. The number of carbonyl (C=O) groups is 1. The molecule has 1 heterocycles. The Morgan fingerprint density at radius 1 is 0.857 bits per heavy atom. The van der Waals surface area contributed by atoms with Crippen molar-refractivity contribution in [2.24, 2.45) is 0 Å². The van der Waals surface area contributed by atoms with Gasteiger partial charge in [0.2, 0.25) is 16.2 Å². The Balaban J connectivity index is 1.46. The molecule has 1 aromatic carbocycles. The van der Waals surface area contributed by atoms with E-state index in [1.807, 2.05) is 12.1 Å². The summed E-state index contributed by atoms with van der Waals surface area (Å²) >= 11 is 13.3. The Labute approximate surface area is 225 Å². The molecule has 0 atom stereocenters. The first-order valence-corrected chi connectivity index (χ1v) is 14.6. The van der Waals surface area contributed by atoms with Crippen LogP contribution < -0.4 is 10.6 Å². The predicted octanol–water partition coefficient (Wildman–Crippen LogP) is 9.43. The highest BCUT2D eigenvalue weighted by Crippen LogP contribution is 2.24. The van der Waals surface area contributed by atoms with Gasteiger partial charge in [-0.1, -0.05) is 111 Å². The third-order valence-corrected chi connectivity index (χ3v) is 7.30. The third kappa shape index (κ3) is 13.9. The highest BCUT2D eigenvalue weighted by molar-refractivity contribution is 7.19. The van der Waals surface area contributed by atoms with Crippen molar-refractivity contribution in [3.05, 3.63) is 46.0 Å². The first-order valence-electron chi connectivity index (χ1n) is 13.0. The second-order valence-electron chi connectivity index (χ2n) is 8.90. The molecule has 5 nitrogen and oxygen atoms in total. The van der Waals surface area contributed by atoms with Crippen LogP contribution in [0.4, 0.5) is 10.3 Å². The number of aromatic nitrogens is 2. The Kier molecular flexibility index (Phi) is 15.7. The summed E-state index contributed by atoms with van der Waals surface area (Å²) in [5.74, 6) is -0.00481. The monoisotopic (exact) mass is 538 g/mol. The Hall–Kier alpha value is -1.63. The molecule has 0 aliphatic rings. The Morgan fingerprint density at radius 3 is 2.17 bits per heavy atom. The molecule has 0 aliphatic carbocycles.